The molecule has 6 nitrogen and oxygen atoms in total. The van der Waals surface area contributed by atoms with Gasteiger partial charge in [-0.2, -0.15) is 10.1 Å². The van der Waals surface area contributed by atoms with Crippen LogP contribution < -0.4 is 10.5 Å². The lowest BCUT2D eigenvalue weighted by Crippen LogP contribution is -2.23. The molecular weight excluding hydrogens is 413 g/mol. The van der Waals surface area contributed by atoms with Crippen molar-refractivity contribution in [3.63, 3.8) is 0 Å². The molecule has 2 aromatic carbocycles. The fourth-order valence-electron chi connectivity index (χ4n) is 2.83. The summed E-state index contributed by atoms with van der Waals surface area (Å²) in [6.45, 7) is 0.439. The van der Waals surface area contributed by atoms with Gasteiger partial charge in [0.15, 0.2) is 5.65 Å². The lowest BCUT2D eigenvalue weighted by molar-refractivity contribution is 0.625. The monoisotopic (exact) mass is 427 g/mol. The summed E-state index contributed by atoms with van der Waals surface area (Å²) >= 11 is 3.37. The Morgan fingerprint density at radius 2 is 2.00 bits per heavy atom. The maximum Gasteiger partial charge on any atom is 0.263 e. The number of H-pyrrole nitrogens is 1. The number of benzene rings is 2. The molecule has 0 aliphatic carbocycles. The summed E-state index contributed by atoms with van der Waals surface area (Å²) in [6.07, 6.45) is 1.51. The van der Waals surface area contributed by atoms with E-state index >= 15 is 0 Å². The van der Waals surface area contributed by atoms with E-state index in [-0.39, 0.29) is 11.4 Å². The van der Waals surface area contributed by atoms with E-state index in [1.807, 2.05) is 37.4 Å². The number of halogens is 2. The Morgan fingerprint density at radius 3 is 2.74 bits per heavy atom. The molecule has 1 N–H and O–H groups in total. The molecule has 0 bridgehead atoms. The van der Waals surface area contributed by atoms with Gasteiger partial charge >= 0.3 is 0 Å². The molecule has 4 rings (SSSR count). The molecule has 0 saturated heterocycles. The third kappa shape index (κ3) is 3.35. The van der Waals surface area contributed by atoms with Crippen molar-refractivity contribution in [3.8, 4) is 5.69 Å². The molecule has 0 saturated carbocycles. The number of anilines is 1. The SMILES string of the molecule is CN(Cc1ccc(F)cc1Br)c1nc2c(cnn2-c2ccccc2)c(=O)[nH]1. The van der Waals surface area contributed by atoms with E-state index in [1.165, 1.54) is 18.3 Å². The van der Waals surface area contributed by atoms with Gasteiger partial charge in [0.25, 0.3) is 5.56 Å². The highest BCUT2D eigenvalue weighted by atomic mass is 79.9. The summed E-state index contributed by atoms with van der Waals surface area (Å²) in [5, 5.41) is 4.72. The van der Waals surface area contributed by atoms with Crippen LogP contribution in [0.3, 0.4) is 0 Å². The number of aromatic nitrogens is 4. The second-order valence-electron chi connectivity index (χ2n) is 6.11. The third-order valence-corrected chi connectivity index (χ3v) is 4.95. The molecule has 0 aliphatic rings. The first kappa shape index (κ1) is 17.4. The molecule has 8 heteroatoms. The summed E-state index contributed by atoms with van der Waals surface area (Å²) in [7, 11) is 1.81. The largest absolute Gasteiger partial charge is 0.341 e. The van der Waals surface area contributed by atoms with E-state index in [1.54, 1.807) is 15.6 Å². The van der Waals surface area contributed by atoms with Crippen LogP contribution in [0.1, 0.15) is 5.56 Å². The van der Waals surface area contributed by atoms with Crippen molar-refractivity contribution >= 4 is 32.9 Å². The standard InChI is InChI=1S/C19H15BrFN5O/c1-25(11-12-7-8-13(21)9-16(12)20)19-23-17-15(18(27)24-19)10-22-26(17)14-5-3-2-4-6-14/h2-10H,11H2,1H3,(H,23,24,27). The summed E-state index contributed by atoms with van der Waals surface area (Å²) in [5.41, 5.74) is 1.91. The highest BCUT2D eigenvalue weighted by molar-refractivity contribution is 9.10. The molecule has 2 aromatic heterocycles. The van der Waals surface area contributed by atoms with Crippen LogP contribution in [0.15, 0.2) is 64.0 Å². The average Bonchev–Trinajstić information content (AvgIpc) is 3.09. The van der Waals surface area contributed by atoms with Gasteiger partial charge < -0.3 is 4.90 Å². The maximum absolute atomic E-state index is 13.3. The van der Waals surface area contributed by atoms with Crippen LogP contribution in [-0.4, -0.2) is 26.8 Å². The maximum atomic E-state index is 13.3. The van der Waals surface area contributed by atoms with Crippen LogP contribution in [0.4, 0.5) is 10.3 Å². The minimum absolute atomic E-state index is 0.262. The Hall–Kier alpha value is -3.00. The summed E-state index contributed by atoms with van der Waals surface area (Å²) in [6, 6.07) is 14.0. The van der Waals surface area contributed by atoms with Gasteiger partial charge in [0, 0.05) is 18.1 Å². The Kier molecular flexibility index (Phi) is 4.49. The Labute approximate surface area is 162 Å². The van der Waals surface area contributed by atoms with Gasteiger partial charge in [-0.25, -0.2) is 9.07 Å². The Balaban J connectivity index is 1.74. The first-order chi connectivity index (χ1) is 13.0. The van der Waals surface area contributed by atoms with E-state index in [0.29, 0.717) is 28.0 Å². The summed E-state index contributed by atoms with van der Waals surface area (Å²) < 4.78 is 15.6. The normalized spacial score (nSPS) is 11.1. The van der Waals surface area contributed by atoms with Crippen molar-refractivity contribution in [1.29, 1.82) is 0 Å². The molecule has 0 unspecified atom stereocenters. The van der Waals surface area contributed by atoms with Crippen molar-refractivity contribution in [3.05, 3.63) is 80.9 Å². The number of nitrogens with one attached hydrogen (secondary N) is 1. The smallest absolute Gasteiger partial charge is 0.263 e. The van der Waals surface area contributed by atoms with E-state index in [9.17, 15) is 9.18 Å². The fraction of sp³-hybridized carbons (Fsp3) is 0.105. The Bertz CT molecular complexity index is 1170. The first-order valence-corrected chi connectivity index (χ1v) is 9.01. The lowest BCUT2D eigenvalue weighted by Gasteiger charge is -2.18. The van der Waals surface area contributed by atoms with Crippen molar-refractivity contribution in [2.24, 2.45) is 0 Å². The molecule has 0 radical (unpaired) electrons. The minimum atomic E-state index is -0.312. The van der Waals surface area contributed by atoms with E-state index in [4.69, 9.17) is 0 Å². The van der Waals surface area contributed by atoms with Gasteiger partial charge in [-0.3, -0.25) is 9.78 Å². The zero-order valence-corrected chi connectivity index (χ0v) is 15.9. The molecule has 136 valence electrons. The predicted octanol–water partition coefficient (Wildman–Crippen LogP) is 3.65. The van der Waals surface area contributed by atoms with Crippen LogP contribution in [0.25, 0.3) is 16.7 Å². The number of para-hydroxylation sites is 1. The quantitative estimate of drug-likeness (QED) is 0.539. The molecule has 2 heterocycles. The van der Waals surface area contributed by atoms with E-state index in [2.05, 4.69) is 31.0 Å². The van der Waals surface area contributed by atoms with Crippen LogP contribution >= 0.6 is 15.9 Å². The van der Waals surface area contributed by atoms with Crippen LogP contribution in [0.2, 0.25) is 0 Å². The van der Waals surface area contributed by atoms with Crippen molar-refractivity contribution in [2.45, 2.75) is 6.54 Å². The summed E-state index contributed by atoms with van der Waals surface area (Å²) in [5.74, 6) is 0.0920. The highest BCUT2D eigenvalue weighted by Crippen LogP contribution is 2.21. The molecule has 4 aromatic rings. The first-order valence-electron chi connectivity index (χ1n) is 8.21. The average molecular weight is 428 g/mol. The zero-order chi connectivity index (χ0) is 19.0. The van der Waals surface area contributed by atoms with Gasteiger partial charge in [-0.05, 0) is 29.8 Å². The van der Waals surface area contributed by atoms with Gasteiger partial charge in [0.1, 0.15) is 11.2 Å². The van der Waals surface area contributed by atoms with Gasteiger partial charge in [-0.15, -0.1) is 0 Å². The lowest BCUT2D eigenvalue weighted by atomic mass is 10.2. The topological polar surface area (TPSA) is 66.8 Å². The molecule has 0 aliphatic heterocycles. The molecule has 27 heavy (non-hydrogen) atoms. The third-order valence-electron chi connectivity index (χ3n) is 4.21. The van der Waals surface area contributed by atoms with Crippen LogP contribution in [0.5, 0.6) is 0 Å². The molecule has 0 spiro atoms. The second kappa shape index (κ2) is 6.96. The van der Waals surface area contributed by atoms with Gasteiger partial charge in [-0.1, -0.05) is 40.2 Å². The van der Waals surface area contributed by atoms with Crippen LogP contribution in [0, 0.1) is 5.82 Å². The van der Waals surface area contributed by atoms with Gasteiger partial charge in [0.05, 0.1) is 11.9 Å². The fourth-order valence-corrected chi connectivity index (χ4v) is 3.30. The highest BCUT2D eigenvalue weighted by Gasteiger charge is 2.14. The number of aromatic amines is 1. The number of nitrogens with zero attached hydrogens (tertiary/aromatic N) is 4. The number of fused-ring (bicyclic) bond motifs is 1. The molecular formula is C19H15BrFN5O. The summed E-state index contributed by atoms with van der Waals surface area (Å²) in [4.78, 5) is 21.7. The van der Waals surface area contributed by atoms with Crippen molar-refractivity contribution in [2.75, 3.05) is 11.9 Å². The Morgan fingerprint density at radius 1 is 1.22 bits per heavy atom. The van der Waals surface area contributed by atoms with Gasteiger partial charge in [0.2, 0.25) is 5.95 Å². The van der Waals surface area contributed by atoms with Crippen LogP contribution in [-0.2, 0) is 6.54 Å². The molecule has 0 amide bonds. The van der Waals surface area contributed by atoms with Crippen molar-refractivity contribution < 1.29 is 4.39 Å². The minimum Gasteiger partial charge on any atom is -0.341 e. The predicted molar refractivity (Wildman–Crippen MR) is 106 cm³/mol. The number of hydrogen-bond acceptors (Lipinski definition) is 4. The van der Waals surface area contributed by atoms with E-state index < -0.39 is 0 Å². The molecule has 0 fully saturated rings. The van der Waals surface area contributed by atoms with E-state index in [0.717, 1.165) is 11.3 Å². The molecule has 0 atom stereocenters. The second-order valence-corrected chi connectivity index (χ2v) is 6.96. The number of hydrogen-bond donors (Lipinski definition) is 1. The zero-order valence-electron chi connectivity index (χ0n) is 14.4. The van der Waals surface area contributed by atoms with Crippen molar-refractivity contribution in [1.82, 2.24) is 19.7 Å². The number of rotatable bonds is 4.